The molecule has 1 saturated heterocycles. The number of aliphatic hydroxyl groups excluding tert-OH is 1. The maximum absolute atomic E-state index is 13.3. The first-order chi connectivity index (χ1) is 17.4. The number of nitrogens with zero attached hydrogens (tertiary/aromatic N) is 3. The molecule has 1 aromatic carbocycles. The molecule has 188 valence electrons. The molecule has 0 radical (unpaired) electrons. The molecule has 36 heavy (non-hydrogen) atoms. The minimum Gasteiger partial charge on any atom is -0.492 e. The summed E-state index contributed by atoms with van der Waals surface area (Å²) in [6, 6.07) is 2.90. The number of fused-ring (bicyclic) bond motifs is 2. The Labute approximate surface area is 205 Å². The van der Waals surface area contributed by atoms with E-state index in [9.17, 15) is 19.8 Å². The van der Waals surface area contributed by atoms with E-state index in [1.807, 2.05) is 6.07 Å². The number of nitrogens with one attached hydrogen (secondary N) is 2. The second-order valence-corrected chi connectivity index (χ2v) is 9.33. The molecule has 12 nitrogen and oxygen atoms in total. The molecule has 2 unspecified atom stereocenters. The van der Waals surface area contributed by atoms with Crippen LogP contribution in [0.1, 0.15) is 28.9 Å². The number of carbonyl (C=O) groups is 2. The number of carbonyl (C=O) groups excluding carboxylic acids is 1. The molecule has 3 aliphatic rings. The lowest BCUT2D eigenvalue weighted by molar-refractivity contribution is 0.0889. The van der Waals surface area contributed by atoms with E-state index in [-0.39, 0.29) is 19.9 Å². The fourth-order valence-corrected chi connectivity index (χ4v) is 4.70. The molecule has 2 aromatic heterocycles. The number of rotatable bonds is 6. The van der Waals surface area contributed by atoms with E-state index in [0.29, 0.717) is 63.3 Å². The number of aromatic nitrogens is 3. The second-order valence-electron chi connectivity index (χ2n) is 9.33. The average molecular weight is 495 g/mol. The zero-order valence-corrected chi connectivity index (χ0v) is 19.5. The van der Waals surface area contributed by atoms with Crippen molar-refractivity contribution in [1.82, 2.24) is 25.2 Å². The molecule has 2 fully saturated rings. The van der Waals surface area contributed by atoms with Gasteiger partial charge in [-0.1, -0.05) is 0 Å². The van der Waals surface area contributed by atoms with Crippen LogP contribution in [-0.2, 0) is 0 Å². The van der Waals surface area contributed by atoms with Crippen LogP contribution in [0.25, 0.3) is 22.3 Å². The van der Waals surface area contributed by atoms with Crippen LogP contribution >= 0.6 is 0 Å². The van der Waals surface area contributed by atoms with Crippen LogP contribution in [0, 0.1) is 12.8 Å². The van der Waals surface area contributed by atoms with Gasteiger partial charge in [0.25, 0.3) is 5.91 Å². The Kier molecular flexibility index (Phi) is 5.32. The Balaban J connectivity index is 1.38. The molecule has 2 aliphatic heterocycles. The number of H-pyrrole nitrogens is 1. The van der Waals surface area contributed by atoms with Crippen molar-refractivity contribution in [3.05, 3.63) is 29.7 Å². The molecule has 1 saturated carbocycles. The molecule has 2 atom stereocenters. The first-order valence-corrected chi connectivity index (χ1v) is 11.8. The van der Waals surface area contributed by atoms with Gasteiger partial charge in [-0.15, -0.1) is 0 Å². The lowest BCUT2D eigenvalue weighted by Crippen LogP contribution is -2.43. The topological polar surface area (TPSA) is 159 Å². The number of aliphatic hydroxyl groups is 1. The standard InChI is InChI=1S/C24H25N5O7/c1-11-17(23(31)28-13-6-29(24(32)33)7-14(13)30)19-21(27-11)20(26-9-25-19)18-15(34-8-12-2-3-12)4-5-16-22(18)36-10-35-16/h4-5,9,12-14,27,30H,2-3,6-8,10H2,1H3,(H,28,31)(H,32,33). The van der Waals surface area contributed by atoms with E-state index in [1.54, 1.807) is 13.0 Å². The second kappa shape index (κ2) is 8.55. The third-order valence-corrected chi connectivity index (χ3v) is 6.78. The van der Waals surface area contributed by atoms with Crippen LogP contribution < -0.4 is 19.5 Å². The molecule has 6 rings (SSSR count). The quantitative estimate of drug-likeness (QED) is 0.401. The van der Waals surface area contributed by atoms with Gasteiger partial charge in [0.15, 0.2) is 11.5 Å². The van der Waals surface area contributed by atoms with Crippen molar-refractivity contribution in [3.8, 4) is 28.5 Å². The van der Waals surface area contributed by atoms with Gasteiger partial charge in [-0.3, -0.25) is 4.79 Å². The largest absolute Gasteiger partial charge is 0.492 e. The van der Waals surface area contributed by atoms with Gasteiger partial charge in [0.05, 0.1) is 41.9 Å². The van der Waals surface area contributed by atoms with Crippen molar-refractivity contribution in [2.75, 3.05) is 26.5 Å². The van der Waals surface area contributed by atoms with E-state index in [2.05, 4.69) is 20.3 Å². The summed E-state index contributed by atoms with van der Waals surface area (Å²) in [7, 11) is 0. The Morgan fingerprint density at radius 3 is 2.83 bits per heavy atom. The van der Waals surface area contributed by atoms with Crippen LogP contribution in [0.2, 0.25) is 0 Å². The molecule has 2 amide bonds. The number of benzene rings is 1. The predicted molar refractivity (Wildman–Crippen MR) is 125 cm³/mol. The number of β-amino-alcohol motifs (C(OH)–C–C–N with tert-alkyl or cyclic N) is 1. The monoisotopic (exact) mass is 495 g/mol. The van der Waals surface area contributed by atoms with Crippen LogP contribution in [0.5, 0.6) is 17.2 Å². The number of amides is 2. The molecule has 3 aromatic rings. The number of hydrogen-bond acceptors (Lipinski definition) is 8. The van der Waals surface area contributed by atoms with E-state index < -0.39 is 24.1 Å². The van der Waals surface area contributed by atoms with Gasteiger partial charge >= 0.3 is 6.09 Å². The summed E-state index contributed by atoms with van der Waals surface area (Å²) in [6.07, 6.45) is 1.51. The Morgan fingerprint density at radius 2 is 2.08 bits per heavy atom. The van der Waals surface area contributed by atoms with E-state index in [4.69, 9.17) is 14.2 Å². The van der Waals surface area contributed by atoms with Gasteiger partial charge in [0, 0.05) is 12.2 Å². The lowest BCUT2D eigenvalue weighted by Gasteiger charge is -2.15. The molecular weight excluding hydrogens is 470 g/mol. The minimum atomic E-state index is -1.15. The summed E-state index contributed by atoms with van der Waals surface area (Å²) in [6.45, 7) is 2.35. The summed E-state index contributed by atoms with van der Waals surface area (Å²) in [5.74, 6) is 1.77. The number of aryl methyl sites for hydroxylation is 1. The maximum Gasteiger partial charge on any atom is 0.407 e. The molecule has 1 aliphatic carbocycles. The predicted octanol–water partition coefficient (Wildman–Crippen LogP) is 1.90. The van der Waals surface area contributed by atoms with Gasteiger partial charge < -0.3 is 39.6 Å². The number of hydrogen-bond donors (Lipinski definition) is 4. The highest BCUT2D eigenvalue weighted by Crippen LogP contribution is 2.48. The normalized spacial score (nSPS) is 20.7. The Bertz CT molecular complexity index is 1370. The Morgan fingerprint density at radius 1 is 1.25 bits per heavy atom. The van der Waals surface area contributed by atoms with Gasteiger partial charge in [0.1, 0.15) is 23.3 Å². The smallest absolute Gasteiger partial charge is 0.407 e. The number of ether oxygens (including phenoxy) is 3. The summed E-state index contributed by atoms with van der Waals surface area (Å²) in [5, 5.41) is 22.2. The summed E-state index contributed by atoms with van der Waals surface area (Å²) in [4.78, 5) is 37.7. The highest BCUT2D eigenvalue weighted by molar-refractivity contribution is 6.09. The molecule has 0 spiro atoms. The maximum atomic E-state index is 13.3. The number of aromatic amines is 1. The Hall–Kier alpha value is -4.06. The van der Waals surface area contributed by atoms with E-state index in [1.165, 1.54) is 6.33 Å². The van der Waals surface area contributed by atoms with Crippen LogP contribution in [0.15, 0.2) is 18.5 Å². The average Bonchev–Trinajstić information content (AvgIpc) is 3.25. The van der Waals surface area contributed by atoms with Crippen LogP contribution in [0.3, 0.4) is 0 Å². The SMILES string of the molecule is Cc1[nH]c2c(-c3c(OCC4CC4)ccc4c3OCO4)ncnc2c1C(=O)NC1CN(C(=O)O)CC1O. The van der Waals surface area contributed by atoms with Crippen LogP contribution in [-0.4, -0.2) is 80.7 Å². The van der Waals surface area contributed by atoms with Gasteiger partial charge in [-0.25, -0.2) is 14.8 Å². The molecule has 12 heteroatoms. The number of carboxylic acid groups (broad SMARTS) is 1. The van der Waals surface area contributed by atoms with Gasteiger partial charge in [-0.05, 0) is 37.8 Å². The molecule has 4 N–H and O–H groups in total. The highest BCUT2D eigenvalue weighted by Gasteiger charge is 2.36. The highest BCUT2D eigenvalue weighted by atomic mass is 16.7. The van der Waals surface area contributed by atoms with Crippen molar-refractivity contribution < 1.29 is 34.0 Å². The summed E-state index contributed by atoms with van der Waals surface area (Å²) in [5.41, 5.74) is 2.89. The number of likely N-dealkylation sites (tertiary alicyclic amines) is 1. The first-order valence-electron chi connectivity index (χ1n) is 11.8. The zero-order chi connectivity index (χ0) is 25.0. The summed E-state index contributed by atoms with van der Waals surface area (Å²) >= 11 is 0. The van der Waals surface area contributed by atoms with Crippen molar-refractivity contribution in [3.63, 3.8) is 0 Å². The van der Waals surface area contributed by atoms with Gasteiger partial charge in [-0.2, -0.15) is 0 Å². The molecular formula is C24H25N5O7. The van der Waals surface area contributed by atoms with Crippen LogP contribution in [0.4, 0.5) is 4.79 Å². The lowest BCUT2D eigenvalue weighted by atomic mass is 10.1. The zero-order valence-electron chi connectivity index (χ0n) is 19.5. The summed E-state index contributed by atoms with van der Waals surface area (Å²) < 4.78 is 17.5. The third kappa shape index (κ3) is 3.83. The third-order valence-electron chi connectivity index (χ3n) is 6.78. The fourth-order valence-electron chi connectivity index (χ4n) is 4.70. The van der Waals surface area contributed by atoms with Crippen molar-refractivity contribution >= 4 is 23.0 Å². The fraction of sp³-hybridized carbons (Fsp3) is 0.417. The van der Waals surface area contributed by atoms with E-state index in [0.717, 1.165) is 17.7 Å². The first kappa shape index (κ1) is 22.4. The van der Waals surface area contributed by atoms with E-state index >= 15 is 0 Å². The van der Waals surface area contributed by atoms with Crippen molar-refractivity contribution in [2.24, 2.45) is 5.92 Å². The molecule has 0 bridgehead atoms. The van der Waals surface area contributed by atoms with Crippen molar-refractivity contribution in [1.29, 1.82) is 0 Å². The minimum absolute atomic E-state index is 0.000931. The molecule has 4 heterocycles. The van der Waals surface area contributed by atoms with Crippen molar-refractivity contribution in [2.45, 2.75) is 31.9 Å². The van der Waals surface area contributed by atoms with Gasteiger partial charge in [0.2, 0.25) is 6.79 Å².